The zero-order chi connectivity index (χ0) is 70.4. The second-order valence-electron chi connectivity index (χ2n) is 29.5. The number of benzene rings is 14. The average Bonchev–Trinajstić information content (AvgIpc) is 0.839. The Hall–Kier alpha value is -13.0. The topological polar surface area (TPSA) is 73.9 Å². The van der Waals surface area contributed by atoms with Crippen LogP contribution in [-0.4, -0.2) is 26.2 Å². The van der Waals surface area contributed by atoms with E-state index in [0.29, 0.717) is 28.6 Å². The van der Waals surface area contributed by atoms with E-state index >= 15 is 0 Å². The third-order valence-electron chi connectivity index (χ3n) is 20.9. The van der Waals surface area contributed by atoms with Gasteiger partial charge in [0.1, 0.15) is 0 Å². The SMILES string of the molecule is CC(C)(C)c1ccc2c(c1)N(c1cc(-c3ccccc3)cc(-c3ccccc3)c1)c1cc(-c3ccc4c(c3)c3ccccc3n4-c3ccc(C#N)cc3-c3nc(-c4ccccc4)nc(-c4ccccc4)n3)cc3c1B2c1ccc(C(C)(C)C)cc1N3c1cc(-c2ccccc2)cc(-c2ccccc2)c1. The molecule has 0 radical (unpaired) electrons. The fourth-order valence-electron chi connectivity index (χ4n) is 15.6. The Bertz CT molecular complexity index is 5680. The first-order valence-electron chi connectivity index (χ1n) is 35.8. The van der Waals surface area contributed by atoms with Crippen molar-refractivity contribution in [2.75, 3.05) is 9.80 Å². The van der Waals surface area contributed by atoms with Crippen LogP contribution in [0.5, 0.6) is 0 Å². The van der Waals surface area contributed by atoms with Crippen LogP contribution in [0.4, 0.5) is 34.1 Å². The normalized spacial score (nSPS) is 12.5. The van der Waals surface area contributed by atoms with Crippen LogP contribution >= 0.6 is 0 Å². The van der Waals surface area contributed by atoms with E-state index < -0.39 is 0 Å². The van der Waals surface area contributed by atoms with E-state index in [9.17, 15) is 5.26 Å². The van der Waals surface area contributed by atoms with Crippen molar-refractivity contribution in [1.82, 2.24) is 19.5 Å². The second-order valence-corrected chi connectivity index (χ2v) is 29.5. The number of rotatable bonds is 11. The number of aromatic nitrogens is 4. The average molecular weight is 1330 g/mol. The zero-order valence-corrected chi connectivity index (χ0v) is 58.9. The minimum absolute atomic E-state index is 0.162. The van der Waals surface area contributed by atoms with Gasteiger partial charge < -0.3 is 14.4 Å². The van der Waals surface area contributed by atoms with Crippen LogP contribution in [0.2, 0.25) is 0 Å². The molecule has 8 heteroatoms. The predicted octanol–water partition coefficient (Wildman–Crippen LogP) is 22.9. The van der Waals surface area contributed by atoms with Crippen molar-refractivity contribution in [3.63, 3.8) is 0 Å². The van der Waals surface area contributed by atoms with Crippen molar-refractivity contribution in [2.24, 2.45) is 0 Å². The van der Waals surface area contributed by atoms with Gasteiger partial charge in [0.2, 0.25) is 0 Å². The van der Waals surface area contributed by atoms with Crippen LogP contribution in [0.1, 0.15) is 58.2 Å². The zero-order valence-electron chi connectivity index (χ0n) is 58.9. The first kappa shape index (κ1) is 63.2. The molecule has 0 saturated carbocycles. The number of nitrogens with zero attached hydrogens (tertiary/aromatic N) is 7. The van der Waals surface area contributed by atoms with Crippen molar-refractivity contribution >= 4 is 79.0 Å². The Labute approximate surface area is 608 Å². The highest BCUT2D eigenvalue weighted by Gasteiger charge is 2.45. The molecule has 18 rings (SSSR count). The number of hydrogen-bond acceptors (Lipinski definition) is 6. The fourth-order valence-corrected chi connectivity index (χ4v) is 15.6. The van der Waals surface area contributed by atoms with Crippen molar-refractivity contribution < 1.29 is 0 Å². The Morgan fingerprint density at radius 1 is 0.298 bits per heavy atom. The van der Waals surface area contributed by atoms with Gasteiger partial charge in [0, 0.05) is 61.6 Å². The molecule has 494 valence electrons. The van der Waals surface area contributed by atoms with Gasteiger partial charge in [-0.25, -0.2) is 15.0 Å². The first-order valence-corrected chi connectivity index (χ1v) is 35.8. The summed E-state index contributed by atoms with van der Waals surface area (Å²) in [5.74, 6) is 1.55. The Morgan fingerprint density at radius 3 is 1.12 bits per heavy atom. The highest BCUT2D eigenvalue weighted by molar-refractivity contribution is 7.00. The van der Waals surface area contributed by atoms with E-state index in [-0.39, 0.29) is 17.5 Å². The molecule has 2 aliphatic heterocycles. The molecule has 16 aromatic rings. The summed E-state index contributed by atoms with van der Waals surface area (Å²) in [6.45, 7) is 13.8. The van der Waals surface area contributed by atoms with E-state index in [4.69, 9.17) is 15.0 Å². The maximum Gasteiger partial charge on any atom is 0.252 e. The number of hydrogen-bond donors (Lipinski definition) is 0. The van der Waals surface area contributed by atoms with Gasteiger partial charge in [-0.15, -0.1) is 0 Å². The lowest BCUT2D eigenvalue weighted by molar-refractivity contribution is 0.590. The molecular formula is C96H72BN7. The van der Waals surface area contributed by atoms with Crippen LogP contribution in [0.25, 0.3) is 117 Å². The molecule has 0 bridgehead atoms. The van der Waals surface area contributed by atoms with Crippen molar-refractivity contribution in [3.05, 3.63) is 344 Å². The lowest BCUT2D eigenvalue weighted by Gasteiger charge is -2.45. The number of para-hydroxylation sites is 1. The quantitative estimate of drug-likeness (QED) is 0.120. The molecule has 2 aromatic heterocycles. The summed E-state index contributed by atoms with van der Waals surface area (Å²) in [5, 5.41) is 12.8. The molecule has 2 aliphatic rings. The standard InChI is InChI=1S/C96H72BN7/c1-95(2,3)75-43-45-82-87(59-75)102(77-52-70(63-27-13-7-14-28-63)50-71(53-77)64-29-15-8-16-30-64)89-57-74(58-90-91(89)97(82)83-46-44-76(96(4,5)6)60-88(83)103(90)78-54-72(65-31-17-9-18-32-65)51-73(55-78)66-33-19-10-20-34-66)69-42-48-85-80(56-69)79-39-25-26-40-84(79)104(85)86-47-41-62(61-98)49-81(86)94-100-92(67-35-21-11-22-36-67)99-93(101-94)68-37-23-12-24-38-68/h7-60H,1-6H3. The lowest BCUT2D eigenvalue weighted by Crippen LogP contribution is -2.61. The third-order valence-corrected chi connectivity index (χ3v) is 20.9. The minimum atomic E-state index is -0.174. The number of anilines is 6. The van der Waals surface area contributed by atoms with Gasteiger partial charge in [0.05, 0.1) is 28.4 Å². The van der Waals surface area contributed by atoms with E-state index in [2.05, 4.69) is 311 Å². The first-order chi connectivity index (χ1) is 50.8. The van der Waals surface area contributed by atoms with E-state index in [1.165, 1.54) is 27.5 Å². The van der Waals surface area contributed by atoms with Crippen molar-refractivity contribution in [1.29, 1.82) is 5.26 Å². The van der Waals surface area contributed by atoms with E-state index in [1.807, 2.05) is 78.9 Å². The molecular weight excluding hydrogens is 1260 g/mol. The number of fused-ring (bicyclic) bond motifs is 7. The second kappa shape index (κ2) is 25.3. The molecule has 0 fully saturated rings. The molecule has 0 unspecified atom stereocenters. The van der Waals surface area contributed by atoms with Gasteiger partial charge in [-0.05, 0) is 191 Å². The van der Waals surface area contributed by atoms with Gasteiger partial charge in [-0.1, -0.05) is 272 Å². The monoisotopic (exact) mass is 1330 g/mol. The van der Waals surface area contributed by atoms with Crippen LogP contribution in [0, 0.1) is 11.3 Å². The van der Waals surface area contributed by atoms with E-state index in [1.54, 1.807) is 0 Å². The van der Waals surface area contributed by atoms with Gasteiger partial charge in [0.25, 0.3) is 6.71 Å². The predicted molar refractivity (Wildman–Crippen MR) is 434 cm³/mol. The third kappa shape index (κ3) is 11.2. The molecule has 0 N–H and O–H groups in total. The van der Waals surface area contributed by atoms with Gasteiger partial charge in [-0.2, -0.15) is 5.26 Å². The highest BCUT2D eigenvalue weighted by Crippen LogP contribution is 2.51. The Kier molecular flexibility index (Phi) is 15.4. The van der Waals surface area contributed by atoms with Crippen LogP contribution in [0.15, 0.2) is 328 Å². The summed E-state index contributed by atoms with van der Waals surface area (Å²) in [7, 11) is 0. The molecule has 7 nitrogen and oxygen atoms in total. The molecule has 0 saturated heterocycles. The van der Waals surface area contributed by atoms with Crippen LogP contribution < -0.4 is 26.2 Å². The smallest absolute Gasteiger partial charge is 0.252 e. The largest absolute Gasteiger partial charge is 0.311 e. The molecule has 0 spiro atoms. The van der Waals surface area contributed by atoms with Crippen molar-refractivity contribution in [2.45, 2.75) is 52.4 Å². The number of nitriles is 1. The fraction of sp³-hybridized carbons (Fsp3) is 0.0833. The maximum absolute atomic E-state index is 10.7. The van der Waals surface area contributed by atoms with Crippen LogP contribution in [0.3, 0.4) is 0 Å². The molecule has 104 heavy (non-hydrogen) atoms. The van der Waals surface area contributed by atoms with E-state index in [0.717, 1.165) is 128 Å². The summed E-state index contributed by atoms with van der Waals surface area (Å²) in [6, 6.07) is 121. The maximum atomic E-state index is 10.7. The van der Waals surface area contributed by atoms with Crippen LogP contribution in [-0.2, 0) is 10.8 Å². The summed E-state index contributed by atoms with van der Waals surface area (Å²) in [5.41, 5.74) is 29.5. The highest BCUT2D eigenvalue weighted by atomic mass is 15.2. The molecule has 14 aromatic carbocycles. The molecule has 0 atom stereocenters. The molecule has 4 heterocycles. The Balaban J connectivity index is 0.932. The summed E-state index contributed by atoms with van der Waals surface area (Å²) >= 11 is 0. The Morgan fingerprint density at radius 2 is 0.692 bits per heavy atom. The van der Waals surface area contributed by atoms with Gasteiger partial charge in [-0.3, -0.25) is 0 Å². The minimum Gasteiger partial charge on any atom is -0.311 e. The summed E-state index contributed by atoms with van der Waals surface area (Å²) in [6.07, 6.45) is 0. The summed E-state index contributed by atoms with van der Waals surface area (Å²) in [4.78, 5) is 20.8. The van der Waals surface area contributed by atoms with Crippen molar-refractivity contribution in [3.8, 4) is 102 Å². The van der Waals surface area contributed by atoms with Gasteiger partial charge >= 0.3 is 0 Å². The van der Waals surface area contributed by atoms with Gasteiger partial charge in [0.15, 0.2) is 17.5 Å². The lowest BCUT2D eigenvalue weighted by atomic mass is 9.33. The molecule has 0 aliphatic carbocycles. The summed E-state index contributed by atoms with van der Waals surface area (Å²) < 4.78 is 2.32. The molecule has 0 amide bonds.